The third-order valence-electron chi connectivity index (χ3n) is 3.26. The summed E-state index contributed by atoms with van der Waals surface area (Å²) in [6, 6.07) is 3.59. The number of furan rings is 1. The van der Waals surface area contributed by atoms with Gasteiger partial charge in [0.1, 0.15) is 11.7 Å². The molecular formula is C16H25NO4. The number of rotatable bonds is 6. The molecule has 0 fully saturated rings. The highest BCUT2D eigenvalue weighted by atomic mass is 16.5. The molecule has 5 heteroatoms. The first-order chi connectivity index (χ1) is 9.81. The van der Waals surface area contributed by atoms with Crippen molar-refractivity contribution in [2.75, 3.05) is 13.2 Å². The molecule has 0 saturated heterocycles. The zero-order chi connectivity index (χ0) is 16.0. The quantitative estimate of drug-likeness (QED) is 0.598. The van der Waals surface area contributed by atoms with Gasteiger partial charge in [-0.05, 0) is 31.4 Å². The molecule has 0 aromatic carbocycles. The second-order valence-corrected chi connectivity index (χ2v) is 5.98. The fraction of sp³-hybridized carbons (Fsp3) is 0.625. The van der Waals surface area contributed by atoms with Crippen LogP contribution in [0.3, 0.4) is 0 Å². The number of carbonyl (C=O) groups excluding carboxylic acids is 2. The molecular weight excluding hydrogens is 270 g/mol. The van der Waals surface area contributed by atoms with Crippen LogP contribution in [-0.2, 0) is 20.9 Å². The molecule has 0 aliphatic heterocycles. The van der Waals surface area contributed by atoms with E-state index in [-0.39, 0.29) is 12.5 Å². The fourth-order valence-corrected chi connectivity index (χ4v) is 2.17. The van der Waals surface area contributed by atoms with Gasteiger partial charge in [0.2, 0.25) is 5.91 Å². The lowest BCUT2D eigenvalue weighted by Crippen LogP contribution is -2.45. The summed E-state index contributed by atoms with van der Waals surface area (Å²) in [7, 11) is 0. The van der Waals surface area contributed by atoms with E-state index in [1.807, 2.05) is 33.8 Å². The Morgan fingerprint density at radius 3 is 2.43 bits per heavy atom. The van der Waals surface area contributed by atoms with Crippen molar-refractivity contribution in [2.24, 2.45) is 11.3 Å². The van der Waals surface area contributed by atoms with Gasteiger partial charge in [0, 0.05) is 6.54 Å². The van der Waals surface area contributed by atoms with Crippen LogP contribution in [0.15, 0.2) is 22.8 Å². The number of hydrogen-bond donors (Lipinski definition) is 0. The summed E-state index contributed by atoms with van der Waals surface area (Å²) >= 11 is 0. The zero-order valence-electron chi connectivity index (χ0n) is 13.5. The molecule has 1 aromatic heterocycles. The van der Waals surface area contributed by atoms with E-state index < -0.39 is 17.3 Å². The first kappa shape index (κ1) is 17.3. The second kappa shape index (κ2) is 7.29. The average Bonchev–Trinajstić information content (AvgIpc) is 2.87. The van der Waals surface area contributed by atoms with Gasteiger partial charge in [-0.25, -0.2) is 0 Å². The first-order valence-corrected chi connectivity index (χ1v) is 7.29. The lowest BCUT2D eigenvalue weighted by Gasteiger charge is -2.32. The first-order valence-electron chi connectivity index (χ1n) is 7.29. The molecule has 1 aromatic rings. The number of amides is 1. The molecule has 5 nitrogen and oxygen atoms in total. The Bertz CT molecular complexity index is 459. The van der Waals surface area contributed by atoms with Gasteiger partial charge >= 0.3 is 5.97 Å². The maximum Gasteiger partial charge on any atom is 0.319 e. The lowest BCUT2D eigenvalue weighted by molar-refractivity contribution is -0.160. The van der Waals surface area contributed by atoms with Gasteiger partial charge in [-0.15, -0.1) is 0 Å². The molecule has 1 rings (SSSR count). The van der Waals surface area contributed by atoms with Gasteiger partial charge in [0.25, 0.3) is 0 Å². The van der Waals surface area contributed by atoms with Gasteiger partial charge in [0.05, 0.1) is 19.4 Å². The molecule has 0 bridgehead atoms. The van der Waals surface area contributed by atoms with Crippen LogP contribution in [0.2, 0.25) is 0 Å². The van der Waals surface area contributed by atoms with E-state index in [9.17, 15) is 9.59 Å². The zero-order valence-corrected chi connectivity index (χ0v) is 13.5. The maximum atomic E-state index is 12.7. The van der Waals surface area contributed by atoms with E-state index in [1.54, 1.807) is 24.2 Å². The van der Waals surface area contributed by atoms with E-state index in [4.69, 9.17) is 9.15 Å². The predicted molar refractivity (Wildman–Crippen MR) is 79.4 cm³/mol. The minimum absolute atomic E-state index is 0.222. The average molecular weight is 295 g/mol. The summed E-state index contributed by atoms with van der Waals surface area (Å²) in [5.41, 5.74) is -0.500. The van der Waals surface area contributed by atoms with Crippen LogP contribution in [0.25, 0.3) is 0 Å². The van der Waals surface area contributed by atoms with Gasteiger partial charge in [0.15, 0.2) is 0 Å². The highest BCUT2D eigenvalue weighted by molar-refractivity contribution is 5.98. The molecule has 118 valence electrons. The summed E-state index contributed by atoms with van der Waals surface area (Å²) in [5, 5.41) is 0. The Balaban J connectivity index is 2.94. The van der Waals surface area contributed by atoms with E-state index in [2.05, 4.69) is 0 Å². The topological polar surface area (TPSA) is 59.8 Å². The number of esters is 1. The van der Waals surface area contributed by atoms with Crippen LogP contribution in [0, 0.1) is 11.3 Å². The number of nitrogens with zero attached hydrogens (tertiary/aromatic N) is 1. The molecule has 0 radical (unpaired) electrons. The summed E-state index contributed by atoms with van der Waals surface area (Å²) in [6.07, 6.45) is 1.57. The van der Waals surface area contributed by atoms with Crippen LogP contribution >= 0.6 is 0 Å². The molecule has 0 saturated carbocycles. The Hall–Kier alpha value is -1.78. The van der Waals surface area contributed by atoms with Crippen molar-refractivity contribution in [3.8, 4) is 0 Å². The van der Waals surface area contributed by atoms with Crippen LogP contribution in [0.4, 0.5) is 0 Å². The fourth-order valence-electron chi connectivity index (χ4n) is 2.17. The van der Waals surface area contributed by atoms with Crippen LogP contribution in [0.5, 0.6) is 0 Å². The summed E-state index contributed by atoms with van der Waals surface area (Å²) in [6.45, 7) is 10.4. The number of hydrogen-bond acceptors (Lipinski definition) is 4. The van der Waals surface area contributed by atoms with E-state index >= 15 is 0 Å². The number of carbonyl (C=O) groups is 2. The van der Waals surface area contributed by atoms with Gasteiger partial charge in [-0.1, -0.05) is 20.8 Å². The number of ether oxygens (including phenoxy) is 1. The van der Waals surface area contributed by atoms with Crippen molar-refractivity contribution in [1.82, 2.24) is 4.90 Å². The van der Waals surface area contributed by atoms with E-state index in [0.29, 0.717) is 18.8 Å². The maximum absolute atomic E-state index is 12.7. The normalized spacial score (nSPS) is 12.8. The highest BCUT2D eigenvalue weighted by Crippen LogP contribution is 2.29. The van der Waals surface area contributed by atoms with Crippen molar-refractivity contribution < 1.29 is 18.7 Å². The smallest absolute Gasteiger partial charge is 0.319 e. The SMILES string of the molecule is CCOC(=O)C(C(=O)N(CC)Cc1ccco1)C(C)(C)C. The molecule has 0 aliphatic carbocycles. The molecule has 1 amide bonds. The van der Waals surface area contributed by atoms with E-state index in [0.717, 1.165) is 0 Å². The second-order valence-electron chi connectivity index (χ2n) is 5.98. The van der Waals surface area contributed by atoms with Crippen molar-refractivity contribution in [3.05, 3.63) is 24.2 Å². The molecule has 1 atom stereocenters. The monoisotopic (exact) mass is 295 g/mol. The van der Waals surface area contributed by atoms with Crippen molar-refractivity contribution in [3.63, 3.8) is 0 Å². The largest absolute Gasteiger partial charge is 0.467 e. The third kappa shape index (κ3) is 4.62. The van der Waals surface area contributed by atoms with Crippen molar-refractivity contribution in [1.29, 1.82) is 0 Å². The molecule has 0 N–H and O–H groups in total. The highest BCUT2D eigenvalue weighted by Gasteiger charge is 2.41. The summed E-state index contributed by atoms with van der Waals surface area (Å²) < 4.78 is 10.4. The minimum Gasteiger partial charge on any atom is -0.467 e. The van der Waals surface area contributed by atoms with E-state index in [1.165, 1.54) is 0 Å². The lowest BCUT2D eigenvalue weighted by atomic mass is 9.79. The Morgan fingerprint density at radius 1 is 1.33 bits per heavy atom. The molecule has 0 aliphatic rings. The predicted octanol–water partition coefficient (Wildman–Crippen LogP) is 2.85. The molecule has 0 spiro atoms. The van der Waals surface area contributed by atoms with Gasteiger partial charge < -0.3 is 14.1 Å². The Labute approximate surface area is 126 Å². The summed E-state index contributed by atoms with van der Waals surface area (Å²) in [4.78, 5) is 26.5. The van der Waals surface area contributed by atoms with Crippen LogP contribution in [-0.4, -0.2) is 29.9 Å². The van der Waals surface area contributed by atoms with Crippen LogP contribution in [0.1, 0.15) is 40.4 Å². The molecule has 1 heterocycles. The molecule has 1 unspecified atom stereocenters. The van der Waals surface area contributed by atoms with Gasteiger partial charge in [-0.2, -0.15) is 0 Å². The Morgan fingerprint density at radius 2 is 2.00 bits per heavy atom. The third-order valence-corrected chi connectivity index (χ3v) is 3.26. The van der Waals surface area contributed by atoms with Crippen molar-refractivity contribution >= 4 is 11.9 Å². The Kier molecular flexibility index (Phi) is 6.00. The molecule has 21 heavy (non-hydrogen) atoms. The minimum atomic E-state index is -0.813. The standard InChI is InChI=1S/C16H25NO4/c1-6-17(11-12-9-8-10-21-12)14(18)13(16(3,4)5)15(19)20-7-2/h8-10,13H,6-7,11H2,1-5H3. The van der Waals surface area contributed by atoms with Crippen molar-refractivity contribution in [2.45, 2.75) is 41.2 Å². The summed E-state index contributed by atoms with van der Waals surface area (Å²) in [5.74, 6) is -0.804. The van der Waals surface area contributed by atoms with Gasteiger partial charge in [-0.3, -0.25) is 9.59 Å². The van der Waals surface area contributed by atoms with Crippen LogP contribution < -0.4 is 0 Å².